The molecule has 1 rings (SSSR count). The lowest BCUT2D eigenvalue weighted by Gasteiger charge is -2.14. The van der Waals surface area contributed by atoms with Crippen LogP contribution in [0.3, 0.4) is 0 Å². The molecule has 0 aromatic carbocycles. The molecule has 0 bridgehead atoms. The van der Waals surface area contributed by atoms with Crippen LogP contribution < -0.4 is 4.74 Å². The van der Waals surface area contributed by atoms with Crippen molar-refractivity contribution in [3.63, 3.8) is 0 Å². The summed E-state index contributed by atoms with van der Waals surface area (Å²) in [5, 5.41) is 9.44. The molecule has 0 aliphatic heterocycles. The third-order valence-electron chi connectivity index (χ3n) is 2.31. The van der Waals surface area contributed by atoms with Gasteiger partial charge in [-0.1, -0.05) is 13.8 Å². The summed E-state index contributed by atoms with van der Waals surface area (Å²) in [6.45, 7) is 6.37. The van der Waals surface area contributed by atoms with Gasteiger partial charge < -0.3 is 9.84 Å². The Labute approximate surface area is 90.3 Å². The van der Waals surface area contributed by atoms with Crippen molar-refractivity contribution in [3.8, 4) is 5.88 Å². The SMILES string of the molecule is CCCOc1cc(C(C)C(C)O)ncn1. The first-order chi connectivity index (χ1) is 7.15. The maximum Gasteiger partial charge on any atom is 0.216 e. The highest BCUT2D eigenvalue weighted by Crippen LogP contribution is 2.19. The first kappa shape index (κ1) is 11.9. The van der Waals surface area contributed by atoms with Gasteiger partial charge in [-0.3, -0.25) is 0 Å². The summed E-state index contributed by atoms with van der Waals surface area (Å²) in [7, 11) is 0. The topological polar surface area (TPSA) is 55.2 Å². The number of aliphatic hydroxyl groups is 1. The predicted octanol–water partition coefficient (Wildman–Crippen LogP) is 1.75. The van der Waals surface area contributed by atoms with Gasteiger partial charge in [0.2, 0.25) is 5.88 Å². The monoisotopic (exact) mass is 210 g/mol. The lowest BCUT2D eigenvalue weighted by Crippen LogP contribution is -2.13. The minimum absolute atomic E-state index is 0.00280. The van der Waals surface area contributed by atoms with Gasteiger partial charge in [0.1, 0.15) is 6.33 Å². The van der Waals surface area contributed by atoms with E-state index in [9.17, 15) is 5.11 Å². The lowest BCUT2D eigenvalue weighted by atomic mass is 10.0. The summed E-state index contributed by atoms with van der Waals surface area (Å²) < 4.78 is 5.39. The van der Waals surface area contributed by atoms with Crippen LogP contribution in [0, 0.1) is 0 Å². The molecule has 0 amide bonds. The highest BCUT2D eigenvalue weighted by molar-refractivity contribution is 5.17. The van der Waals surface area contributed by atoms with E-state index in [4.69, 9.17) is 4.74 Å². The van der Waals surface area contributed by atoms with E-state index in [1.165, 1.54) is 6.33 Å². The Hall–Kier alpha value is -1.16. The number of ether oxygens (including phenoxy) is 1. The van der Waals surface area contributed by atoms with Gasteiger partial charge in [-0.2, -0.15) is 0 Å². The van der Waals surface area contributed by atoms with Crippen LogP contribution in [0.2, 0.25) is 0 Å². The zero-order valence-electron chi connectivity index (χ0n) is 9.47. The average Bonchev–Trinajstić information content (AvgIpc) is 2.25. The Morgan fingerprint density at radius 2 is 2.13 bits per heavy atom. The number of nitrogens with zero attached hydrogens (tertiary/aromatic N) is 2. The van der Waals surface area contributed by atoms with Crippen molar-refractivity contribution < 1.29 is 9.84 Å². The molecular weight excluding hydrogens is 192 g/mol. The van der Waals surface area contributed by atoms with Crippen molar-refractivity contribution in [2.75, 3.05) is 6.61 Å². The van der Waals surface area contributed by atoms with Crippen molar-refractivity contribution in [2.45, 2.75) is 39.2 Å². The molecule has 1 heterocycles. The van der Waals surface area contributed by atoms with Gasteiger partial charge in [0.25, 0.3) is 0 Å². The van der Waals surface area contributed by atoms with Crippen LogP contribution in [-0.2, 0) is 0 Å². The number of rotatable bonds is 5. The van der Waals surface area contributed by atoms with Crippen molar-refractivity contribution in [2.24, 2.45) is 0 Å². The maximum atomic E-state index is 9.44. The third kappa shape index (κ3) is 3.47. The van der Waals surface area contributed by atoms with E-state index in [-0.39, 0.29) is 5.92 Å². The quantitative estimate of drug-likeness (QED) is 0.804. The van der Waals surface area contributed by atoms with E-state index in [1.54, 1.807) is 13.0 Å². The second-order valence-electron chi connectivity index (χ2n) is 3.66. The van der Waals surface area contributed by atoms with E-state index in [1.807, 2.05) is 13.8 Å². The number of hydrogen-bond donors (Lipinski definition) is 1. The van der Waals surface area contributed by atoms with Gasteiger partial charge >= 0.3 is 0 Å². The molecule has 0 fully saturated rings. The molecule has 2 atom stereocenters. The Balaban J connectivity index is 2.73. The average molecular weight is 210 g/mol. The minimum atomic E-state index is -0.418. The molecule has 4 heteroatoms. The molecule has 4 nitrogen and oxygen atoms in total. The largest absolute Gasteiger partial charge is 0.478 e. The van der Waals surface area contributed by atoms with E-state index in [0.29, 0.717) is 12.5 Å². The van der Waals surface area contributed by atoms with E-state index in [2.05, 4.69) is 9.97 Å². The van der Waals surface area contributed by atoms with E-state index >= 15 is 0 Å². The second-order valence-corrected chi connectivity index (χ2v) is 3.66. The first-order valence-corrected chi connectivity index (χ1v) is 5.28. The predicted molar refractivity (Wildman–Crippen MR) is 57.9 cm³/mol. The first-order valence-electron chi connectivity index (χ1n) is 5.28. The Morgan fingerprint density at radius 1 is 1.40 bits per heavy atom. The fourth-order valence-electron chi connectivity index (χ4n) is 1.14. The molecule has 0 saturated heterocycles. The fourth-order valence-corrected chi connectivity index (χ4v) is 1.14. The summed E-state index contributed by atoms with van der Waals surface area (Å²) in [5.41, 5.74) is 0.811. The van der Waals surface area contributed by atoms with Crippen LogP contribution in [0.15, 0.2) is 12.4 Å². The van der Waals surface area contributed by atoms with Crippen LogP contribution in [0.5, 0.6) is 5.88 Å². The van der Waals surface area contributed by atoms with Crippen LogP contribution in [0.1, 0.15) is 38.8 Å². The van der Waals surface area contributed by atoms with Gasteiger partial charge in [-0.15, -0.1) is 0 Å². The lowest BCUT2D eigenvalue weighted by molar-refractivity contribution is 0.167. The van der Waals surface area contributed by atoms with Gasteiger partial charge in [-0.05, 0) is 13.3 Å². The molecule has 0 spiro atoms. The number of hydrogen-bond acceptors (Lipinski definition) is 4. The third-order valence-corrected chi connectivity index (χ3v) is 2.31. The molecule has 15 heavy (non-hydrogen) atoms. The van der Waals surface area contributed by atoms with E-state index in [0.717, 1.165) is 12.1 Å². The van der Waals surface area contributed by atoms with Gasteiger partial charge in [0.15, 0.2) is 0 Å². The van der Waals surface area contributed by atoms with Crippen LogP contribution in [0.25, 0.3) is 0 Å². The molecule has 0 aliphatic carbocycles. The molecule has 84 valence electrons. The molecule has 0 radical (unpaired) electrons. The van der Waals surface area contributed by atoms with Crippen molar-refractivity contribution >= 4 is 0 Å². The summed E-state index contributed by atoms with van der Waals surface area (Å²) in [4.78, 5) is 8.12. The molecule has 2 unspecified atom stereocenters. The minimum Gasteiger partial charge on any atom is -0.478 e. The fraction of sp³-hybridized carbons (Fsp3) is 0.636. The van der Waals surface area contributed by atoms with Crippen LogP contribution in [-0.4, -0.2) is 27.8 Å². The normalized spacial score (nSPS) is 14.7. The van der Waals surface area contributed by atoms with Gasteiger partial charge in [-0.25, -0.2) is 9.97 Å². The molecule has 1 aromatic heterocycles. The standard InChI is InChI=1S/C11H18N2O2/c1-4-5-15-11-6-10(12-7-13-11)8(2)9(3)14/h6-9,14H,4-5H2,1-3H3. The summed E-state index contributed by atoms with van der Waals surface area (Å²) >= 11 is 0. The highest BCUT2D eigenvalue weighted by Gasteiger charge is 2.13. The summed E-state index contributed by atoms with van der Waals surface area (Å²) in [6.07, 6.45) is 2.00. The van der Waals surface area contributed by atoms with E-state index < -0.39 is 6.10 Å². The molecular formula is C11H18N2O2. The molecule has 0 aliphatic rings. The molecule has 1 aromatic rings. The Kier molecular flexibility index (Phi) is 4.49. The zero-order chi connectivity index (χ0) is 11.3. The molecule has 1 N–H and O–H groups in total. The van der Waals surface area contributed by atoms with Gasteiger partial charge in [0, 0.05) is 12.0 Å². The summed E-state index contributed by atoms with van der Waals surface area (Å²) in [5.74, 6) is 0.575. The summed E-state index contributed by atoms with van der Waals surface area (Å²) in [6, 6.07) is 1.78. The van der Waals surface area contributed by atoms with Crippen LogP contribution >= 0.6 is 0 Å². The Bertz CT molecular complexity index is 302. The smallest absolute Gasteiger partial charge is 0.216 e. The second kappa shape index (κ2) is 5.66. The Morgan fingerprint density at radius 3 is 2.73 bits per heavy atom. The van der Waals surface area contributed by atoms with Crippen LogP contribution in [0.4, 0.5) is 0 Å². The zero-order valence-corrected chi connectivity index (χ0v) is 9.47. The maximum absolute atomic E-state index is 9.44. The van der Waals surface area contributed by atoms with Gasteiger partial charge in [0.05, 0.1) is 18.4 Å². The van der Waals surface area contributed by atoms with Crippen molar-refractivity contribution in [3.05, 3.63) is 18.1 Å². The molecule has 0 saturated carbocycles. The van der Waals surface area contributed by atoms with Crippen molar-refractivity contribution in [1.29, 1.82) is 0 Å². The number of aromatic nitrogens is 2. The highest BCUT2D eigenvalue weighted by atomic mass is 16.5. The van der Waals surface area contributed by atoms with Crippen molar-refractivity contribution in [1.82, 2.24) is 9.97 Å². The number of aliphatic hydroxyl groups excluding tert-OH is 1.